The van der Waals surface area contributed by atoms with Crippen molar-refractivity contribution in [3.63, 3.8) is 0 Å². The molecule has 0 spiro atoms. The molecule has 2 aromatic carbocycles. The van der Waals surface area contributed by atoms with Crippen molar-refractivity contribution in [2.45, 2.75) is 6.54 Å². The molecule has 21 heavy (non-hydrogen) atoms. The molecule has 0 saturated heterocycles. The molecule has 0 unspecified atom stereocenters. The summed E-state index contributed by atoms with van der Waals surface area (Å²) in [7, 11) is 0. The van der Waals surface area contributed by atoms with E-state index in [4.69, 9.17) is 5.73 Å². The van der Waals surface area contributed by atoms with Crippen molar-refractivity contribution in [3.05, 3.63) is 71.9 Å². The molecule has 0 fully saturated rings. The van der Waals surface area contributed by atoms with Gasteiger partial charge in [-0.15, -0.1) is 5.10 Å². The molecule has 5 nitrogen and oxygen atoms in total. The standard InChI is InChI=1S/C16H14N4O/c17-16(21)14-15(13-9-5-2-6-10-13)20(19-18-14)11-12-7-3-1-4-8-12/h1-10H,11H2,(H2,17,21). The van der Waals surface area contributed by atoms with Gasteiger partial charge in [-0.25, -0.2) is 4.68 Å². The number of nitrogens with two attached hydrogens (primary N) is 1. The summed E-state index contributed by atoms with van der Waals surface area (Å²) in [5.41, 5.74) is 8.19. The molecule has 0 saturated carbocycles. The molecule has 0 aliphatic heterocycles. The Bertz CT molecular complexity index is 750. The maximum absolute atomic E-state index is 11.6. The molecule has 1 heterocycles. The maximum atomic E-state index is 11.6. The molecule has 2 N–H and O–H groups in total. The lowest BCUT2D eigenvalue weighted by Crippen LogP contribution is -2.13. The van der Waals surface area contributed by atoms with Gasteiger partial charge in [0.1, 0.15) is 5.69 Å². The zero-order chi connectivity index (χ0) is 14.7. The number of rotatable bonds is 4. The van der Waals surface area contributed by atoms with Gasteiger partial charge in [0, 0.05) is 5.56 Å². The molecule has 0 aliphatic rings. The number of aromatic nitrogens is 3. The van der Waals surface area contributed by atoms with Crippen LogP contribution in [0.3, 0.4) is 0 Å². The van der Waals surface area contributed by atoms with Gasteiger partial charge in [-0.3, -0.25) is 4.79 Å². The fraction of sp³-hybridized carbons (Fsp3) is 0.0625. The van der Waals surface area contributed by atoms with Crippen LogP contribution in [0.4, 0.5) is 0 Å². The molecule has 1 aromatic heterocycles. The van der Waals surface area contributed by atoms with E-state index in [9.17, 15) is 4.79 Å². The fourth-order valence-corrected chi connectivity index (χ4v) is 2.23. The van der Waals surface area contributed by atoms with Gasteiger partial charge < -0.3 is 5.73 Å². The van der Waals surface area contributed by atoms with Gasteiger partial charge in [0.2, 0.25) is 0 Å². The summed E-state index contributed by atoms with van der Waals surface area (Å²) in [5.74, 6) is -0.576. The third-order valence-corrected chi connectivity index (χ3v) is 3.19. The SMILES string of the molecule is NC(=O)c1nnn(Cc2ccccc2)c1-c1ccccc1. The average Bonchev–Trinajstić information content (AvgIpc) is 2.93. The van der Waals surface area contributed by atoms with Crippen LogP contribution >= 0.6 is 0 Å². The van der Waals surface area contributed by atoms with Crippen molar-refractivity contribution >= 4 is 5.91 Å². The van der Waals surface area contributed by atoms with Gasteiger partial charge in [-0.2, -0.15) is 0 Å². The highest BCUT2D eigenvalue weighted by molar-refractivity contribution is 5.96. The Hall–Kier alpha value is -2.95. The zero-order valence-electron chi connectivity index (χ0n) is 11.3. The van der Waals surface area contributed by atoms with Gasteiger partial charge >= 0.3 is 0 Å². The van der Waals surface area contributed by atoms with Crippen molar-refractivity contribution in [1.82, 2.24) is 15.0 Å². The summed E-state index contributed by atoms with van der Waals surface area (Å²) >= 11 is 0. The minimum Gasteiger partial charge on any atom is -0.364 e. The van der Waals surface area contributed by atoms with Crippen LogP contribution in [0, 0.1) is 0 Å². The molecule has 0 aliphatic carbocycles. The van der Waals surface area contributed by atoms with Gasteiger partial charge in [-0.05, 0) is 5.56 Å². The minimum absolute atomic E-state index is 0.192. The number of carbonyl (C=O) groups is 1. The predicted molar refractivity (Wildman–Crippen MR) is 79.5 cm³/mol. The number of amides is 1. The first kappa shape index (κ1) is 13.1. The van der Waals surface area contributed by atoms with Crippen LogP contribution in [0.2, 0.25) is 0 Å². The summed E-state index contributed by atoms with van der Waals surface area (Å²) < 4.78 is 1.70. The summed E-state index contributed by atoms with van der Waals surface area (Å²) in [4.78, 5) is 11.6. The molecule has 5 heteroatoms. The van der Waals surface area contributed by atoms with E-state index in [0.29, 0.717) is 12.2 Å². The van der Waals surface area contributed by atoms with Crippen molar-refractivity contribution in [3.8, 4) is 11.3 Å². The van der Waals surface area contributed by atoms with E-state index in [-0.39, 0.29) is 5.69 Å². The highest BCUT2D eigenvalue weighted by atomic mass is 16.1. The van der Waals surface area contributed by atoms with Gasteiger partial charge in [0.25, 0.3) is 5.91 Å². The van der Waals surface area contributed by atoms with E-state index in [1.54, 1.807) is 4.68 Å². The Morgan fingerprint density at radius 1 is 1.00 bits per heavy atom. The Morgan fingerprint density at radius 3 is 2.24 bits per heavy atom. The molecule has 3 aromatic rings. The summed E-state index contributed by atoms with van der Waals surface area (Å²) in [6.07, 6.45) is 0. The maximum Gasteiger partial charge on any atom is 0.271 e. The van der Waals surface area contributed by atoms with Crippen molar-refractivity contribution in [1.29, 1.82) is 0 Å². The second-order valence-electron chi connectivity index (χ2n) is 4.66. The van der Waals surface area contributed by atoms with Crippen LogP contribution in [0.5, 0.6) is 0 Å². The zero-order valence-corrected chi connectivity index (χ0v) is 11.3. The van der Waals surface area contributed by atoms with E-state index in [1.807, 2.05) is 60.7 Å². The highest BCUT2D eigenvalue weighted by Crippen LogP contribution is 2.22. The van der Waals surface area contributed by atoms with E-state index in [1.165, 1.54) is 0 Å². The third-order valence-electron chi connectivity index (χ3n) is 3.19. The molecule has 104 valence electrons. The van der Waals surface area contributed by atoms with E-state index in [2.05, 4.69) is 10.3 Å². The molecule has 0 radical (unpaired) electrons. The monoisotopic (exact) mass is 278 g/mol. The first-order valence-corrected chi connectivity index (χ1v) is 6.58. The number of primary amides is 1. The topological polar surface area (TPSA) is 73.8 Å². The van der Waals surface area contributed by atoms with E-state index in [0.717, 1.165) is 11.1 Å². The second kappa shape index (κ2) is 5.58. The normalized spacial score (nSPS) is 10.5. The van der Waals surface area contributed by atoms with E-state index >= 15 is 0 Å². The van der Waals surface area contributed by atoms with Gasteiger partial charge in [-0.1, -0.05) is 65.9 Å². The third kappa shape index (κ3) is 2.67. The molecular formula is C16H14N4O. The molecule has 0 atom stereocenters. The Balaban J connectivity index is 2.07. The smallest absolute Gasteiger partial charge is 0.271 e. The minimum atomic E-state index is -0.576. The lowest BCUT2D eigenvalue weighted by Gasteiger charge is -2.07. The Labute approximate surface area is 122 Å². The van der Waals surface area contributed by atoms with E-state index < -0.39 is 5.91 Å². The second-order valence-corrected chi connectivity index (χ2v) is 4.66. The van der Waals surface area contributed by atoms with Gasteiger partial charge in [0.05, 0.1) is 6.54 Å². The Morgan fingerprint density at radius 2 is 1.62 bits per heavy atom. The predicted octanol–water partition coefficient (Wildman–Crippen LogP) is 2.09. The lowest BCUT2D eigenvalue weighted by atomic mass is 10.1. The Kier molecular flexibility index (Phi) is 3.47. The summed E-state index contributed by atoms with van der Waals surface area (Å²) in [6.45, 7) is 0.533. The lowest BCUT2D eigenvalue weighted by molar-refractivity contribution is 0.0996. The quantitative estimate of drug-likeness (QED) is 0.794. The first-order chi connectivity index (χ1) is 10.3. The van der Waals surface area contributed by atoms with Crippen LogP contribution in [0.15, 0.2) is 60.7 Å². The number of hydrogen-bond donors (Lipinski definition) is 1. The summed E-state index contributed by atoms with van der Waals surface area (Å²) in [6, 6.07) is 19.4. The van der Waals surface area contributed by atoms with Crippen LogP contribution in [0.25, 0.3) is 11.3 Å². The van der Waals surface area contributed by atoms with Crippen LogP contribution in [-0.4, -0.2) is 20.9 Å². The molecule has 1 amide bonds. The number of hydrogen-bond acceptors (Lipinski definition) is 3. The van der Waals surface area contributed by atoms with Crippen LogP contribution < -0.4 is 5.73 Å². The summed E-state index contributed by atoms with van der Waals surface area (Å²) in [5, 5.41) is 8.00. The van der Waals surface area contributed by atoms with Crippen molar-refractivity contribution in [2.24, 2.45) is 5.73 Å². The number of benzene rings is 2. The van der Waals surface area contributed by atoms with Crippen LogP contribution in [0.1, 0.15) is 16.1 Å². The largest absolute Gasteiger partial charge is 0.364 e. The molecular weight excluding hydrogens is 264 g/mol. The molecule has 3 rings (SSSR count). The van der Waals surface area contributed by atoms with Crippen LogP contribution in [-0.2, 0) is 6.54 Å². The average molecular weight is 278 g/mol. The first-order valence-electron chi connectivity index (χ1n) is 6.58. The van der Waals surface area contributed by atoms with Crippen molar-refractivity contribution in [2.75, 3.05) is 0 Å². The molecule has 0 bridgehead atoms. The van der Waals surface area contributed by atoms with Crippen molar-refractivity contribution < 1.29 is 4.79 Å². The highest BCUT2D eigenvalue weighted by Gasteiger charge is 2.18. The van der Waals surface area contributed by atoms with Gasteiger partial charge in [0.15, 0.2) is 5.69 Å². The number of carbonyl (C=O) groups excluding carboxylic acids is 1. The fourth-order valence-electron chi connectivity index (χ4n) is 2.23. The number of nitrogens with zero attached hydrogens (tertiary/aromatic N) is 3.